The fraction of sp³-hybridized carbons (Fsp3) is 0.467. The van der Waals surface area contributed by atoms with Crippen LogP contribution in [0.4, 0.5) is 0 Å². The summed E-state index contributed by atoms with van der Waals surface area (Å²) in [5.41, 5.74) is 1.10. The number of halogens is 1. The highest BCUT2D eigenvalue weighted by atomic mass is 35.5. The lowest BCUT2D eigenvalue weighted by Crippen LogP contribution is -2.20. The van der Waals surface area contributed by atoms with Gasteiger partial charge in [0.25, 0.3) is 0 Å². The maximum absolute atomic E-state index is 5.98. The third kappa shape index (κ3) is 3.38. The van der Waals surface area contributed by atoms with E-state index >= 15 is 0 Å². The molecule has 0 bridgehead atoms. The van der Waals surface area contributed by atoms with E-state index in [4.69, 9.17) is 16.1 Å². The van der Waals surface area contributed by atoms with Crippen LogP contribution in [0.3, 0.4) is 0 Å². The van der Waals surface area contributed by atoms with E-state index in [9.17, 15) is 0 Å². The summed E-state index contributed by atoms with van der Waals surface area (Å²) in [5, 5.41) is 8.28. The van der Waals surface area contributed by atoms with Gasteiger partial charge in [0, 0.05) is 11.4 Å². The summed E-state index contributed by atoms with van der Waals surface area (Å²) in [6.07, 6.45) is 5.42. The zero-order chi connectivity index (χ0) is 13.8. The highest BCUT2D eigenvalue weighted by Crippen LogP contribution is 2.22. The molecule has 2 heterocycles. The molecule has 1 aromatic heterocycles. The predicted octanol–water partition coefficient (Wildman–Crippen LogP) is 3.52. The maximum Gasteiger partial charge on any atom is 0.243 e. The van der Waals surface area contributed by atoms with Crippen LogP contribution in [0.5, 0.6) is 0 Å². The third-order valence-corrected chi connectivity index (χ3v) is 3.83. The van der Waals surface area contributed by atoms with E-state index in [2.05, 4.69) is 15.5 Å². The van der Waals surface area contributed by atoms with Crippen molar-refractivity contribution in [2.45, 2.75) is 38.1 Å². The van der Waals surface area contributed by atoms with Crippen molar-refractivity contribution in [1.29, 1.82) is 0 Å². The lowest BCUT2D eigenvalue weighted by molar-refractivity contribution is 0.325. The average Bonchev–Trinajstić information content (AvgIpc) is 2.73. The van der Waals surface area contributed by atoms with Gasteiger partial charge >= 0.3 is 0 Å². The van der Waals surface area contributed by atoms with Gasteiger partial charge in [-0.15, -0.1) is 0 Å². The second-order valence-electron chi connectivity index (χ2n) is 5.21. The van der Waals surface area contributed by atoms with Crippen LogP contribution in [0.25, 0.3) is 0 Å². The molecule has 106 valence electrons. The molecule has 20 heavy (non-hydrogen) atoms. The maximum atomic E-state index is 5.98. The molecule has 0 aliphatic carbocycles. The van der Waals surface area contributed by atoms with Crippen LogP contribution >= 0.6 is 11.6 Å². The Bertz CT molecular complexity index is 562. The van der Waals surface area contributed by atoms with Crippen LogP contribution < -0.4 is 5.32 Å². The molecule has 1 aromatic carbocycles. The molecule has 5 heteroatoms. The van der Waals surface area contributed by atoms with Crippen molar-refractivity contribution in [3.63, 3.8) is 0 Å². The summed E-state index contributed by atoms with van der Waals surface area (Å²) < 4.78 is 5.41. The van der Waals surface area contributed by atoms with Gasteiger partial charge in [0.2, 0.25) is 5.89 Å². The lowest BCUT2D eigenvalue weighted by Gasteiger charge is -2.09. The van der Waals surface area contributed by atoms with E-state index < -0.39 is 0 Å². The molecular formula is C15H18ClN3O. The SMILES string of the molecule is Clc1cccc(Cc2noc(C3CCCCCN3)n2)c1. The van der Waals surface area contributed by atoms with Crippen LogP contribution in [0.1, 0.15) is 49.0 Å². The number of benzene rings is 1. The Morgan fingerprint density at radius 3 is 3.15 bits per heavy atom. The van der Waals surface area contributed by atoms with Crippen LogP contribution in [0.2, 0.25) is 5.02 Å². The molecule has 1 saturated heterocycles. The van der Waals surface area contributed by atoms with E-state index in [0.29, 0.717) is 18.1 Å². The molecule has 0 spiro atoms. The summed E-state index contributed by atoms with van der Waals surface area (Å²) in [6, 6.07) is 7.96. The summed E-state index contributed by atoms with van der Waals surface area (Å²) in [5.74, 6) is 1.43. The minimum atomic E-state index is 0.207. The van der Waals surface area contributed by atoms with Crippen molar-refractivity contribution in [2.24, 2.45) is 0 Å². The van der Waals surface area contributed by atoms with Crippen molar-refractivity contribution in [2.75, 3.05) is 6.54 Å². The molecule has 1 aliphatic rings. The Balaban J connectivity index is 1.70. The minimum Gasteiger partial charge on any atom is -0.338 e. The van der Waals surface area contributed by atoms with Gasteiger partial charge in [-0.25, -0.2) is 0 Å². The lowest BCUT2D eigenvalue weighted by atomic mass is 10.1. The van der Waals surface area contributed by atoms with Gasteiger partial charge < -0.3 is 9.84 Å². The van der Waals surface area contributed by atoms with Gasteiger partial charge in [0.05, 0.1) is 6.04 Å². The second kappa shape index (κ2) is 6.37. The predicted molar refractivity (Wildman–Crippen MR) is 77.8 cm³/mol. The van der Waals surface area contributed by atoms with E-state index in [-0.39, 0.29) is 6.04 Å². The van der Waals surface area contributed by atoms with E-state index in [0.717, 1.165) is 23.6 Å². The molecule has 0 amide bonds. The van der Waals surface area contributed by atoms with Crippen molar-refractivity contribution >= 4 is 11.6 Å². The normalized spacial score (nSPS) is 19.8. The Morgan fingerprint density at radius 1 is 1.30 bits per heavy atom. The monoisotopic (exact) mass is 291 g/mol. The van der Waals surface area contributed by atoms with Crippen molar-refractivity contribution in [1.82, 2.24) is 15.5 Å². The highest BCUT2D eigenvalue weighted by Gasteiger charge is 2.20. The van der Waals surface area contributed by atoms with Crippen LogP contribution in [-0.2, 0) is 6.42 Å². The Kier molecular flexibility index (Phi) is 4.33. The van der Waals surface area contributed by atoms with Crippen LogP contribution in [0, 0.1) is 0 Å². The molecule has 3 rings (SSSR count). The van der Waals surface area contributed by atoms with Gasteiger partial charge in [-0.1, -0.05) is 41.7 Å². The number of nitrogens with zero attached hydrogens (tertiary/aromatic N) is 2. The zero-order valence-corrected chi connectivity index (χ0v) is 12.1. The summed E-state index contributed by atoms with van der Waals surface area (Å²) in [7, 11) is 0. The molecule has 1 fully saturated rings. The summed E-state index contributed by atoms with van der Waals surface area (Å²) in [6.45, 7) is 1.02. The van der Waals surface area contributed by atoms with Gasteiger partial charge in [-0.05, 0) is 37.1 Å². The average molecular weight is 292 g/mol. The van der Waals surface area contributed by atoms with Crippen molar-refractivity contribution in [3.05, 3.63) is 46.6 Å². The smallest absolute Gasteiger partial charge is 0.243 e. The fourth-order valence-electron chi connectivity index (χ4n) is 2.55. The first kappa shape index (κ1) is 13.6. The number of hydrogen-bond donors (Lipinski definition) is 1. The van der Waals surface area contributed by atoms with Gasteiger partial charge in [0.1, 0.15) is 0 Å². The quantitative estimate of drug-likeness (QED) is 0.940. The molecule has 1 atom stereocenters. The Hall–Kier alpha value is -1.39. The molecule has 4 nitrogen and oxygen atoms in total. The van der Waals surface area contributed by atoms with Gasteiger partial charge in [-0.3, -0.25) is 0 Å². The molecule has 2 aromatic rings. The Labute approximate surface area is 123 Å². The van der Waals surface area contributed by atoms with Crippen molar-refractivity contribution in [3.8, 4) is 0 Å². The van der Waals surface area contributed by atoms with Gasteiger partial charge in [-0.2, -0.15) is 4.98 Å². The standard InChI is InChI=1S/C15H18ClN3O/c16-12-6-4-5-11(9-12)10-14-18-15(20-19-14)13-7-2-1-3-8-17-13/h4-6,9,13,17H,1-3,7-8,10H2. The molecule has 1 N–H and O–H groups in total. The molecule has 0 radical (unpaired) electrons. The first-order valence-corrected chi connectivity index (χ1v) is 7.49. The first-order chi connectivity index (χ1) is 9.81. The number of rotatable bonds is 3. The largest absolute Gasteiger partial charge is 0.338 e. The third-order valence-electron chi connectivity index (χ3n) is 3.59. The van der Waals surface area contributed by atoms with Crippen molar-refractivity contribution < 1.29 is 4.52 Å². The van der Waals surface area contributed by atoms with E-state index in [1.165, 1.54) is 19.3 Å². The van der Waals surface area contributed by atoms with E-state index in [1.807, 2.05) is 24.3 Å². The van der Waals surface area contributed by atoms with Gasteiger partial charge in [0.15, 0.2) is 5.82 Å². The zero-order valence-electron chi connectivity index (χ0n) is 11.3. The second-order valence-corrected chi connectivity index (χ2v) is 5.65. The van der Waals surface area contributed by atoms with Crippen LogP contribution in [0.15, 0.2) is 28.8 Å². The first-order valence-electron chi connectivity index (χ1n) is 7.11. The molecule has 0 saturated carbocycles. The topological polar surface area (TPSA) is 51.0 Å². The molecular weight excluding hydrogens is 274 g/mol. The number of nitrogens with one attached hydrogen (secondary N) is 1. The fourth-order valence-corrected chi connectivity index (χ4v) is 2.76. The number of hydrogen-bond acceptors (Lipinski definition) is 4. The highest BCUT2D eigenvalue weighted by molar-refractivity contribution is 6.30. The molecule has 1 unspecified atom stereocenters. The van der Waals surface area contributed by atoms with Crippen LogP contribution in [-0.4, -0.2) is 16.7 Å². The minimum absolute atomic E-state index is 0.207. The number of aromatic nitrogens is 2. The molecule has 1 aliphatic heterocycles. The summed E-state index contributed by atoms with van der Waals surface area (Å²) in [4.78, 5) is 4.52. The Morgan fingerprint density at radius 2 is 2.25 bits per heavy atom. The summed E-state index contributed by atoms with van der Waals surface area (Å²) >= 11 is 5.98. The van der Waals surface area contributed by atoms with E-state index in [1.54, 1.807) is 0 Å².